The van der Waals surface area contributed by atoms with E-state index in [1.165, 1.54) is 29.3 Å². The smallest absolute Gasteiger partial charge is 0.386 e. The van der Waals surface area contributed by atoms with E-state index in [-0.39, 0.29) is 16.5 Å². The summed E-state index contributed by atoms with van der Waals surface area (Å²) in [6.45, 7) is 3.64. The molecule has 3 aliphatic carbocycles. The average Bonchev–Trinajstić information content (AvgIpc) is 1.66. The summed E-state index contributed by atoms with van der Waals surface area (Å²) < 4.78 is 87.3. The standard InChI is InChI=1S/C25H23ClN2O.C23H17ClF3N3O2S.C22H18ClN3O2S/c1-25(2,29)21-9-4-3-8-18(21)16-10-11-22-23(13-16)28-24(27-22)20-14-19(20)15-6-5-7-17(26)12-15;24-15-5-3-4-13(10-15)17-12-18(17)22-28-20-9-8-14(11-21(20)29-22)16-6-1-2-7-19(16)30-33(31,32)23(25,26)27;23-15-5-3-4-13(10-15)17-12-18(17)22-25-19-9-8-14(11-20(19)26-22)16-6-1-2-7-21(16)29(24,27)28/h3-13,19-20,29H,14H2,1-2H3,(H,27,28);1-11,17-18,30H,12H2,(H,28,29);1-11,17-18H,12H2,(H,25,26)(H2,24,27,28). The average molecular weight is 1320 g/mol. The number of halogens is 6. The number of hydrogen-bond acceptors (Lipinski definition) is 8. The molecule has 7 N–H and O–H groups in total. The van der Waals surface area contributed by atoms with Gasteiger partial charge in [0.05, 0.1) is 49.3 Å². The molecule has 0 radical (unpaired) electrons. The molecular weight excluding hydrogens is 1260 g/mol. The number of sulfonamides is 2. The van der Waals surface area contributed by atoms with Crippen LogP contribution in [0.1, 0.15) is 108 Å². The van der Waals surface area contributed by atoms with E-state index < -0.39 is 31.2 Å². The first-order valence-corrected chi connectivity index (χ1v) is 33.5. The second-order valence-electron chi connectivity index (χ2n) is 23.8. The van der Waals surface area contributed by atoms with Crippen molar-refractivity contribution >= 4 is 93.6 Å². The number of alkyl halides is 3. The molecule has 0 amide bonds. The molecule has 3 aliphatic rings. The number of hydrogen-bond donors (Lipinski definition) is 6. The molecule has 0 aliphatic heterocycles. The van der Waals surface area contributed by atoms with Gasteiger partial charge in [0.2, 0.25) is 10.0 Å². The van der Waals surface area contributed by atoms with E-state index in [4.69, 9.17) is 49.9 Å². The lowest BCUT2D eigenvalue weighted by atomic mass is 9.89. The molecule has 21 heteroatoms. The summed E-state index contributed by atoms with van der Waals surface area (Å²) in [7, 11) is -9.35. The van der Waals surface area contributed by atoms with E-state index in [0.717, 1.165) is 102 Å². The molecule has 6 atom stereocenters. The number of rotatable bonds is 13. The molecule has 9 aromatic carbocycles. The Kier molecular flexibility index (Phi) is 16.3. The van der Waals surface area contributed by atoms with Crippen LogP contribution in [0, 0.1) is 0 Å². The van der Waals surface area contributed by atoms with Crippen LogP contribution >= 0.6 is 34.8 Å². The maximum absolute atomic E-state index is 12.9. The lowest BCUT2D eigenvalue weighted by Crippen LogP contribution is -2.30. The molecule has 91 heavy (non-hydrogen) atoms. The Morgan fingerprint density at radius 3 is 1.25 bits per heavy atom. The Bertz CT molecular complexity index is 5010. The molecule has 0 bridgehead atoms. The molecule has 3 aromatic heterocycles. The third-order valence-electron chi connectivity index (χ3n) is 16.9. The fourth-order valence-electron chi connectivity index (χ4n) is 12.2. The lowest BCUT2D eigenvalue weighted by molar-refractivity contribution is -0.0429. The third-order valence-corrected chi connectivity index (χ3v) is 19.7. The number of fused-ring (bicyclic) bond motifs is 3. The molecule has 3 heterocycles. The summed E-state index contributed by atoms with van der Waals surface area (Å²) in [4.78, 5) is 24.6. The molecule has 13 nitrogen and oxygen atoms in total. The molecule has 0 spiro atoms. The first kappa shape index (κ1) is 61.5. The summed E-state index contributed by atoms with van der Waals surface area (Å²) in [5.41, 5.74) is 7.64. The monoisotopic (exact) mass is 1320 g/mol. The Hall–Kier alpha value is -8.33. The summed E-state index contributed by atoms with van der Waals surface area (Å²) in [6, 6.07) is 61.7. The number of anilines is 1. The van der Waals surface area contributed by atoms with E-state index in [9.17, 15) is 35.1 Å². The highest BCUT2D eigenvalue weighted by molar-refractivity contribution is 7.93. The van der Waals surface area contributed by atoms with Crippen molar-refractivity contribution in [3.8, 4) is 33.4 Å². The van der Waals surface area contributed by atoms with Gasteiger partial charge in [0, 0.05) is 43.9 Å². The molecule has 3 saturated carbocycles. The van der Waals surface area contributed by atoms with Gasteiger partial charge in [0.1, 0.15) is 17.5 Å². The normalized spacial score (nSPS) is 18.7. The van der Waals surface area contributed by atoms with Gasteiger partial charge in [0.15, 0.2) is 0 Å². The van der Waals surface area contributed by atoms with Crippen molar-refractivity contribution in [1.29, 1.82) is 0 Å². The summed E-state index contributed by atoms with van der Waals surface area (Å²) in [5, 5.41) is 18.2. The van der Waals surface area contributed by atoms with Crippen molar-refractivity contribution in [1.82, 2.24) is 29.9 Å². The van der Waals surface area contributed by atoms with Crippen LogP contribution in [0.4, 0.5) is 18.9 Å². The molecular formula is C70H58Cl3F3N8O5S2. The van der Waals surface area contributed by atoms with Gasteiger partial charge in [0.25, 0.3) is 0 Å². The number of nitrogens with two attached hydrogens (primary N) is 1. The van der Waals surface area contributed by atoms with Gasteiger partial charge in [-0.15, -0.1) is 0 Å². The van der Waals surface area contributed by atoms with Crippen molar-refractivity contribution in [3.05, 3.63) is 255 Å². The van der Waals surface area contributed by atoms with Gasteiger partial charge in [-0.05, 0) is 180 Å². The van der Waals surface area contributed by atoms with Crippen LogP contribution in [0.25, 0.3) is 66.5 Å². The van der Waals surface area contributed by atoms with Gasteiger partial charge in [-0.25, -0.2) is 28.5 Å². The predicted octanol–water partition coefficient (Wildman–Crippen LogP) is 17.6. The summed E-state index contributed by atoms with van der Waals surface area (Å²) in [5.74, 6) is 5.00. The third kappa shape index (κ3) is 13.3. The van der Waals surface area contributed by atoms with Crippen LogP contribution in [0.15, 0.2) is 205 Å². The number of aromatic nitrogens is 6. The van der Waals surface area contributed by atoms with E-state index in [1.807, 2.05) is 105 Å². The Balaban J connectivity index is 0.000000125. The van der Waals surface area contributed by atoms with Crippen molar-refractivity contribution in [2.45, 2.75) is 84.6 Å². The zero-order valence-corrected chi connectivity index (χ0v) is 52.6. The fourth-order valence-corrected chi connectivity index (χ4v) is 14.1. The predicted molar refractivity (Wildman–Crippen MR) is 354 cm³/mol. The number of benzene rings is 9. The minimum Gasteiger partial charge on any atom is -0.386 e. The Morgan fingerprint density at radius 1 is 0.473 bits per heavy atom. The van der Waals surface area contributed by atoms with Gasteiger partial charge in [-0.1, -0.05) is 150 Å². The molecule has 0 saturated heterocycles. The van der Waals surface area contributed by atoms with Crippen molar-refractivity contribution < 1.29 is 35.1 Å². The number of imidazole rings is 3. The summed E-state index contributed by atoms with van der Waals surface area (Å²) >= 11 is 18.4. The number of nitrogens with zero attached hydrogens (tertiary/aromatic N) is 3. The number of nitrogens with one attached hydrogen (secondary N) is 4. The summed E-state index contributed by atoms with van der Waals surface area (Å²) in [6.07, 6.45) is 3.06. The number of primary sulfonamides is 1. The van der Waals surface area contributed by atoms with Crippen molar-refractivity contribution in [2.24, 2.45) is 5.14 Å². The van der Waals surface area contributed by atoms with Crippen LogP contribution in [-0.4, -0.2) is 57.4 Å². The van der Waals surface area contributed by atoms with Crippen LogP contribution in [0.2, 0.25) is 15.1 Å². The van der Waals surface area contributed by atoms with Gasteiger partial charge in [-0.2, -0.15) is 21.6 Å². The topological polar surface area (TPSA) is 213 Å². The molecule has 12 aromatic rings. The van der Waals surface area contributed by atoms with Gasteiger partial charge in [-0.3, -0.25) is 4.72 Å². The SMILES string of the molecule is CC(C)(O)c1ccccc1-c1ccc2nc(C3CC3c3cccc(Cl)c3)[nH]c2c1.NS(=O)(=O)c1ccccc1-c1ccc2nc(C3CC3c3cccc(Cl)c3)[nH]c2c1.O=S(=O)(Nc1ccccc1-c1ccc2nc(C3CC3c3cccc(Cl)c3)[nH]c2c1)C(F)(F)F. The lowest BCUT2D eigenvalue weighted by Gasteiger charge is -2.21. The number of aromatic amines is 3. The first-order chi connectivity index (χ1) is 43.4. The highest BCUT2D eigenvalue weighted by Crippen LogP contribution is 2.56. The molecule has 462 valence electrons. The second kappa shape index (κ2) is 24.0. The molecule has 15 rings (SSSR count). The highest BCUT2D eigenvalue weighted by Gasteiger charge is 2.47. The quantitative estimate of drug-likeness (QED) is 0.0652. The number of aliphatic hydroxyl groups is 1. The Morgan fingerprint density at radius 2 is 0.846 bits per heavy atom. The Labute approximate surface area is 538 Å². The fraction of sp³-hybridized carbons (Fsp3) is 0.186. The van der Waals surface area contributed by atoms with Crippen LogP contribution in [0.5, 0.6) is 0 Å². The van der Waals surface area contributed by atoms with Crippen LogP contribution in [-0.2, 0) is 25.6 Å². The largest absolute Gasteiger partial charge is 0.516 e. The van der Waals surface area contributed by atoms with Crippen LogP contribution < -0.4 is 9.86 Å². The molecule has 6 unspecified atom stereocenters. The van der Waals surface area contributed by atoms with Crippen LogP contribution in [0.3, 0.4) is 0 Å². The van der Waals surface area contributed by atoms with Crippen molar-refractivity contribution in [3.63, 3.8) is 0 Å². The van der Waals surface area contributed by atoms with E-state index in [0.29, 0.717) is 56.8 Å². The first-order valence-electron chi connectivity index (χ1n) is 29.3. The van der Waals surface area contributed by atoms with Gasteiger partial charge >= 0.3 is 15.5 Å². The van der Waals surface area contributed by atoms with Gasteiger partial charge < -0.3 is 20.1 Å². The number of H-pyrrole nitrogens is 3. The zero-order chi connectivity index (χ0) is 63.7. The van der Waals surface area contributed by atoms with E-state index >= 15 is 0 Å². The number of para-hydroxylation sites is 1. The minimum atomic E-state index is -5.54. The van der Waals surface area contributed by atoms with Crippen molar-refractivity contribution in [2.75, 3.05) is 4.72 Å². The zero-order valence-electron chi connectivity index (χ0n) is 48.7. The maximum Gasteiger partial charge on any atom is 0.516 e. The minimum absolute atomic E-state index is 0.113. The maximum atomic E-state index is 12.9. The highest BCUT2D eigenvalue weighted by atomic mass is 35.5. The molecule has 3 fully saturated rings. The second-order valence-corrected chi connectivity index (χ2v) is 28.3. The van der Waals surface area contributed by atoms with E-state index in [2.05, 4.69) is 62.4 Å². The van der Waals surface area contributed by atoms with E-state index in [1.54, 1.807) is 53.3 Å².